The van der Waals surface area contributed by atoms with Crippen LogP contribution in [0.5, 0.6) is 0 Å². The number of nitrogens with zero attached hydrogens (tertiary/aromatic N) is 3. The molecule has 0 aliphatic carbocycles. The summed E-state index contributed by atoms with van der Waals surface area (Å²) in [5.74, 6) is 0. The van der Waals surface area contributed by atoms with E-state index in [2.05, 4.69) is 40.2 Å². The first-order chi connectivity index (χ1) is 16.7. The maximum Gasteiger partial charge on any atom is 0.261 e. The van der Waals surface area contributed by atoms with E-state index in [0.717, 1.165) is 35.8 Å². The van der Waals surface area contributed by atoms with Crippen LogP contribution in [0.25, 0.3) is 21.7 Å². The Morgan fingerprint density at radius 3 is 2.53 bits per heavy atom. The van der Waals surface area contributed by atoms with Crippen molar-refractivity contribution in [1.82, 2.24) is 9.55 Å². The fourth-order valence-corrected chi connectivity index (χ4v) is 5.49. The van der Waals surface area contributed by atoms with Gasteiger partial charge in [-0.25, -0.2) is 4.98 Å². The minimum absolute atomic E-state index is 0.104. The molecule has 6 nitrogen and oxygen atoms in total. The fourth-order valence-electron chi connectivity index (χ4n) is 5.49. The minimum atomic E-state index is -0.709. The van der Waals surface area contributed by atoms with Crippen LogP contribution in [0.4, 0.5) is 5.69 Å². The molecule has 0 amide bonds. The van der Waals surface area contributed by atoms with Crippen LogP contribution < -0.4 is 10.5 Å². The number of anilines is 1. The molecule has 0 radical (unpaired) electrons. The second-order valence-corrected chi connectivity index (χ2v) is 9.47. The van der Waals surface area contributed by atoms with Crippen molar-refractivity contribution in [1.29, 1.82) is 0 Å². The third-order valence-corrected chi connectivity index (χ3v) is 7.33. The molecule has 0 bridgehead atoms. The highest BCUT2D eigenvalue weighted by Gasteiger charge is 2.27. The Balaban J connectivity index is 1.42. The topological polar surface area (TPSA) is 67.6 Å². The molecule has 4 aromatic rings. The van der Waals surface area contributed by atoms with Gasteiger partial charge >= 0.3 is 0 Å². The first-order valence-electron chi connectivity index (χ1n) is 12.2. The minimum Gasteiger partial charge on any atom is -0.389 e. The molecule has 3 aromatic carbocycles. The number of hydrogen-bond donors (Lipinski definition) is 1. The van der Waals surface area contributed by atoms with E-state index < -0.39 is 6.10 Å². The molecule has 1 N–H and O–H groups in total. The number of aliphatic hydroxyl groups excluding tert-OH is 1. The average Bonchev–Trinajstić information content (AvgIpc) is 3.41. The number of aliphatic hydroxyl groups is 1. The molecule has 2 saturated heterocycles. The lowest BCUT2D eigenvalue weighted by Crippen LogP contribution is -2.39. The van der Waals surface area contributed by atoms with Crippen LogP contribution in [0, 0.1) is 0 Å². The van der Waals surface area contributed by atoms with E-state index in [1.54, 1.807) is 10.9 Å². The largest absolute Gasteiger partial charge is 0.389 e. The summed E-state index contributed by atoms with van der Waals surface area (Å²) in [6.07, 6.45) is 4.75. The number of aromatic nitrogens is 2. The molecule has 6 rings (SSSR count). The lowest BCUT2D eigenvalue weighted by molar-refractivity contribution is -0.0395. The molecule has 6 heteroatoms. The number of hydrogen-bond acceptors (Lipinski definition) is 5. The maximum absolute atomic E-state index is 13.6. The van der Waals surface area contributed by atoms with Gasteiger partial charge in [0, 0.05) is 30.8 Å². The summed E-state index contributed by atoms with van der Waals surface area (Å²) >= 11 is 0. The lowest BCUT2D eigenvalue weighted by atomic mass is 9.95. The molecule has 34 heavy (non-hydrogen) atoms. The maximum atomic E-state index is 13.6. The van der Waals surface area contributed by atoms with Crippen molar-refractivity contribution in [3.05, 3.63) is 82.4 Å². The Morgan fingerprint density at radius 1 is 1.00 bits per heavy atom. The SMILES string of the molecule is O=c1c2cc(Cc3ccc(N4CCCC4)cc3)c3ccccc3c2ncn1[C@H]1CCOC[C@@H]1O. The van der Waals surface area contributed by atoms with Gasteiger partial charge in [-0.3, -0.25) is 9.36 Å². The Kier molecular flexibility index (Phi) is 5.55. The molecule has 1 aromatic heterocycles. The Morgan fingerprint density at radius 2 is 1.76 bits per heavy atom. The zero-order valence-electron chi connectivity index (χ0n) is 19.2. The number of fused-ring (bicyclic) bond motifs is 3. The van der Waals surface area contributed by atoms with Gasteiger partial charge in [0.15, 0.2) is 0 Å². The predicted molar refractivity (Wildman–Crippen MR) is 135 cm³/mol. The van der Waals surface area contributed by atoms with Crippen LogP contribution in [-0.2, 0) is 11.2 Å². The van der Waals surface area contributed by atoms with Gasteiger partial charge in [-0.05, 0) is 60.4 Å². The van der Waals surface area contributed by atoms with Crippen molar-refractivity contribution < 1.29 is 9.84 Å². The molecule has 3 heterocycles. The summed E-state index contributed by atoms with van der Waals surface area (Å²) in [5.41, 5.74) is 4.23. The Hall–Kier alpha value is -3.22. The van der Waals surface area contributed by atoms with E-state index in [0.29, 0.717) is 23.9 Å². The van der Waals surface area contributed by atoms with E-state index >= 15 is 0 Å². The molecule has 2 aliphatic rings. The second-order valence-electron chi connectivity index (χ2n) is 9.47. The molecular formula is C28H29N3O3. The molecule has 0 unspecified atom stereocenters. The van der Waals surface area contributed by atoms with E-state index in [9.17, 15) is 9.90 Å². The summed E-state index contributed by atoms with van der Waals surface area (Å²) in [4.78, 5) is 20.7. The third kappa shape index (κ3) is 3.77. The molecule has 2 atom stereocenters. The van der Waals surface area contributed by atoms with Crippen molar-refractivity contribution in [2.24, 2.45) is 0 Å². The summed E-state index contributed by atoms with van der Waals surface area (Å²) in [6, 6.07) is 18.7. The highest BCUT2D eigenvalue weighted by Crippen LogP contribution is 2.29. The van der Waals surface area contributed by atoms with Crippen molar-refractivity contribution in [3.8, 4) is 0 Å². The van der Waals surface area contributed by atoms with E-state index in [1.165, 1.54) is 24.1 Å². The number of benzene rings is 3. The summed E-state index contributed by atoms with van der Waals surface area (Å²) in [6.45, 7) is 3.04. The van der Waals surface area contributed by atoms with E-state index in [4.69, 9.17) is 4.74 Å². The van der Waals surface area contributed by atoms with E-state index in [1.807, 2.05) is 24.3 Å². The van der Waals surface area contributed by atoms with E-state index in [-0.39, 0.29) is 18.2 Å². The predicted octanol–water partition coefficient (Wildman–Crippen LogP) is 4.06. The van der Waals surface area contributed by atoms with Crippen LogP contribution in [0.3, 0.4) is 0 Å². The molecule has 174 valence electrons. The van der Waals surface area contributed by atoms with Gasteiger partial charge < -0.3 is 14.7 Å². The first-order valence-corrected chi connectivity index (χ1v) is 12.2. The molecule has 0 saturated carbocycles. The average molecular weight is 456 g/mol. The van der Waals surface area contributed by atoms with Crippen molar-refractivity contribution in [2.45, 2.75) is 37.8 Å². The van der Waals surface area contributed by atoms with Crippen LogP contribution in [-0.4, -0.2) is 47.1 Å². The van der Waals surface area contributed by atoms with Gasteiger partial charge in [-0.1, -0.05) is 36.4 Å². The van der Waals surface area contributed by atoms with Crippen molar-refractivity contribution in [3.63, 3.8) is 0 Å². The molecule has 2 fully saturated rings. The number of rotatable bonds is 4. The van der Waals surface area contributed by atoms with Crippen molar-refractivity contribution >= 4 is 27.4 Å². The third-order valence-electron chi connectivity index (χ3n) is 7.33. The van der Waals surface area contributed by atoms with Crippen LogP contribution in [0.2, 0.25) is 0 Å². The molecular weight excluding hydrogens is 426 g/mol. The monoisotopic (exact) mass is 455 g/mol. The van der Waals surface area contributed by atoms with Crippen LogP contribution >= 0.6 is 0 Å². The van der Waals surface area contributed by atoms with Crippen LogP contribution in [0.15, 0.2) is 65.7 Å². The summed E-state index contributed by atoms with van der Waals surface area (Å²) in [5, 5.41) is 13.1. The molecule has 2 aliphatic heterocycles. The van der Waals surface area contributed by atoms with Gasteiger partial charge in [0.25, 0.3) is 5.56 Å². The lowest BCUT2D eigenvalue weighted by Gasteiger charge is -2.29. The van der Waals surface area contributed by atoms with Crippen molar-refractivity contribution in [2.75, 3.05) is 31.2 Å². The van der Waals surface area contributed by atoms with Gasteiger partial charge in [0.05, 0.1) is 36.0 Å². The first kappa shape index (κ1) is 21.3. The standard InChI is InChI=1S/C28H29N3O3/c32-26-17-34-14-11-25(26)31-18-29-27-23-6-2-1-5-22(23)20(16-24(27)28(31)33)15-19-7-9-21(10-8-19)30-12-3-4-13-30/h1-2,5-10,16,18,25-26,32H,3-4,11-15,17H2/t25-,26-/m0/s1. The highest BCUT2D eigenvalue weighted by molar-refractivity contribution is 6.06. The second kappa shape index (κ2) is 8.85. The highest BCUT2D eigenvalue weighted by atomic mass is 16.5. The number of ether oxygens (including phenoxy) is 1. The van der Waals surface area contributed by atoms with Gasteiger partial charge in [0.1, 0.15) is 0 Å². The molecule has 0 spiro atoms. The van der Waals surface area contributed by atoms with Crippen LogP contribution in [0.1, 0.15) is 36.4 Å². The quantitative estimate of drug-likeness (QED) is 0.470. The van der Waals surface area contributed by atoms with Gasteiger partial charge in [0.2, 0.25) is 0 Å². The normalized spacial score (nSPS) is 20.9. The Bertz CT molecular complexity index is 1390. The summed E-state index contributed by atoms with van der Waals surface area (Å²) in [7, 11) is 0. The smallest absolute Gasteiger partial charge is 0.261 e. The fraction of sp³-hybridized carbons (Fsp3) is 0.357. The van der Waals surface area contributed by atoms with Gasteiger partial charge in [-0.15, -0.1) is 0 Å². The zero-order chi connectivity index (χ0) is 23.1. The van der Waals surface area contributed by atoms with Gasteiger partial charge in [-0.2, -0.15) is 0 Å². The Labute approximate surface area is 198 Å². The zero-order valence-corrected chi connectivity index (χ0v) is 19.2. The summed E-state index contributed by atoms with van der Waals surface area (Å²) < 4.78 is 6.95.